The van der Waals surface area contributed by atoms with Crippen LogP contribution in [0.15, 0.2) is 29.8 Å². The monoisotopic (exact) mass is 367 g/mol. The van der Waals surface area contributed by atoms with Gasteiger partial charge >= 0.3 is 29.6 Å². The summed E-state index contributed by atoms with van der Waals surface area (Å²) >= 11 is 0. The van der Waals surface area contributed by atoms with Crippen molar-refractivity contribution in [1.29, 1.82) is 0 Å². The normalized spacial score (nSPS) is 17.7. The summed E-state index contributed by atoms with van der Waals surface area (Å²) in [4.78, 5) is 12.9. The number of rotatable bonds is 2. The molecule has 1 fully saturated rings. The first-order valence-electron chi connectivity index (χ1n) is 8.42. The maximum Gasteiger partial charge on any atom is 1.00 e. The number of aryl methyl sites for hydroxylation is 2. The number of aromatic nitrogens is 4. The van der Waals surface area contributed by atoms with Crippen molar-refractivity contribution in [2.24, 2.45) is 19.1 Å². The van der Waals surface area contributed by atoms with Crippen LogP contribution in [0.4, 0.5) is 0 Å². The van der Waals surface area contributed by atoms with Crippen LogP contribution in [-0.4, -0.2) is 58.5 Å². The predicted octanol–water partition coefficient (Wildman–Crippen LogP) is -1.81. The number of nitrogens with one attached hydrogen (secondary N) is 1. The van der Waals surface area contributed by atoms with Gasteiger partial charge in [-0.05, 0) is 32.2 Å². The van der Waals surface area contributed by atoms with E-state index in [2.05, 4.69) is 24.8 Å². The van der Waals surface area contributed by atoms with E-state index in [1.165, 1.54) is 25.1 Å². The number of hydrogen-bond acceptors (Lipinski definition) is 5. The fourth-order valence-electron chi connectivity index (χ4n) is 2.98. The maximum absolute atomic E-state index is 7.00. The average Bonchev–Trinajstić information content (AvgIpc) is 3.38. The Balaban J connectivity index is 0. The Labute approximate surface area is 181 Å². The summed E-state index contributed by atoms with van der Waals surface area (Å²) in [7, 11) is 5.05. The summed E-state index contributed by atoms with van der Waals surface area (Å²) in [6.45, 7) is 2.11. The van der Waals surface area contributed by atoms with Crippen molar-refractivity contribution in [2.75, 3.05) is 20.2 Å². The fraction of sp³-hybridized carbons (Fsp3) is 0.588. The topological polar surface area (TPSA) is 80.3 Å². The molecule has 0 bridgehead atoms. The zero-order chi connectivity index (χ0) is 17.4. The van der Waals surface area contributed by atoms with E-state index in [9.17, 15) is 0 Å². The molecule has 2 aliphatic heterocycles. The van der Waals surface area contributed by atoms with Gasteiger partial charge < -0.3 is 21.0 Å². The van der Waals surface area contributed by atoms with Crippen molar-refractivity contribution in [3.8, 4) is 0 Å². The van der Waals surface area contributed by atoms with Crippen molar-refractivity contribution in [2.45, 2.75) is 31.7 Å². The van der Waals surface area contributed by atoms with E-state index < -0.39 is 0 Å². The van der Waals surface area contributed by atoms with Gasteiger partial charge in [-0.1, -0.05) is 0 Å². The van der Waals surface area contributed by atoms with Crippen molar-refractivity contribution < 1.29 is 36.1 Å². The molecule has 0 aromatic carbocycles. The van der Waals surface area contributed by atoms with Crippen LogP contribution in [-0.2, 0) is 14.1 Å². The Morgan fingerprint density at radius 3 is 2.27 bits per heavy atom. The average molecular weight is 367 g/mol. The minimum atomic E-state index is 0. The maximum atomic E-state index is 7.00. The van der Waals surface area contributed by atoms with Crippen LogP contribution in [0.25, 0.3) is 0 Å². The second-order valence-corrected chi connectivity index (χ2v) is 5.84. The van der Waals surface area contributed by atoms with E-state index in [1.54, 1.807) is 0 Å². The van der Waals surface area contributed by atoms with E-state index in [-0.39, 0.29) is 39.4 Å². The number of hydrogen-bond donors (Lipinski definition) is 2. The number of imidazole rings is 2. The number of nitrogens with zero attached hydrogens (tertiary/aromatic N) is 5. The summed E-state index contributed by atoms with van der Waals surface area (Å²) in [5.74, 6) is 2.20. The standard InChI is InChI=1S/C8H13N3.C8H11N3.CH4O.B.Na.H/c2*1-11-6-5-10-8(11)7-3-2-4-9-7;1-2;;;/h5-7,9H,2-4H2,1H3;5-6H,2-4H2,1H3;2H,1H3;;;/q;;;;+1;-1. The Kier molecular flexibility index (Phi) is 12.8. The molecule has 1 unspecified atom stereocenters. The van der Waals surface area contributed by atoms with Crippen LogP contribution in [0.1, 0.15) is 44.8 Å². The summed E-state index contributed by atoms with van der Waals surface area (Å²) in [5, 5.41) is 10.4. The van der Waals surface area contributed by atoms with Crippen LogP contribution in [0, 0.1) is 0 Å². The zero-order valence-corrected chi connectivity index (χ0v) is 18.4. The van der Waals surface area contributed by atoms with Gasteiger partial charge in [0.15, 0.2) is 5.82 Å². The third-order valence-electron chi connectivity index (χ3n) is 4.18. The molecule has 0 spiro atoms. The summed E-state index contributed by atoms with van der Waals surface area (Å²) in [6, 6.07) is 0.495. The van der Waals surface area contributed by atoms with E-state index >= 15 is 0 Å². The first-order valence-corrected chi connectivity index (χ1v) is 8.42. The van der Waals surface area contributed by atoms with Crippen LogP contribution in [0.5, 0.6) is 0 Å². The number of aliphatic hydroxyl groups excluding tert-OH is 1. The van der Waals surface area contributed by atoms with E-state index in [4.69, 9.17) is 5.11 Å². The van der Waals surface area contributed by atoms with Crippen LogP contribution < -0.4 is 34.9 Å². The molecule has 0 aliphatic carbocycles. The fourth-order valence-corrected chi connectivity index (χ4v) is 2.98. The molecule has 4 heterocycles. The quantitative estimate of drug-likeness (QED) is 0.614. The van der Waals surface area contributed by atoms with Gasteiger partial charge in [-0.2, -0.15) is 0 Å². The molecule has 4 rings (SSSR count). The second-order valence-electron chi connectivity index (χ2n) is 5.84. The largest absolute Gasteiger partial charge is 1.00 e. The van der Waals surface area contributed by atoms with Gasteiger partial charge in [-0.15, -0.1) is 0 Å². The molecule has 2 aliphatic rings. The second kappa shape index (κ2) is 13.3. The minimum absolute atomic E-state index is 0. The summed E-state index contributed by atoms with van der Waals surface area (Å²) in [6.07, 6.45) is 12.4. The molecule has 137 valence electrons. The zero-order valence-electron chi connectivity index (χ0n) is 17.4. The molecule has 2 aromatic heterocycles. The molecule has 26 heavy (non-hydrogen) atoms. The summed E-state index contributed by atoms with van der Waals surface area (Å²) < 4.78 is 4.10. The Bertz CT molecular complexity index is 657. The van der Waals surface area contributed by atoms with E-state index in [1.807, 2.05) is 43.4 Å². The van der Waals surface area contributed by atoms with Gasteiger partial charge in [0.2, 0.25) is 0 Å². The SMILES string of the molecule is CO.Cn1ccnc1C1=NCCC1.Cn1ccnc1C1CCCN1.[B].[H-].[Na+]. The number of aliphatic imine (C=N–C) groups is 1. The first kappa shape index (κ1) is 25.1. The van der Waals surface area contributed by atoms with E-state index in [0.717, 1.165) is 38.2 Å². The van der Waals surface area contributed by atoms with Gasteiger partial charge in [0.25, 0.3) is 0 Å². The van der Waals surface area contributed by atoms with Gasteiger partial charge in [-0.25, -0.2) is 9.97 Å². The molecule has 1 atom stereocenters. The molecule has 0 amide bonds. The molecule has 3 radical (unpaired) electrons. The number of aliphatic hydroxyl groups is 1. The van der Waals surface area contributed by atoms with Crippen molar-refractivity contribution in [1.82, 2.24) is 24.4 Å². The van der Waals surface area contributed by atoms with Gasteiger partial charge in [0, 0.05) is 61.0 Å². The smallest absolute Gasteiger partial charge is 1.00 e. The molecule has 2 N–H and O–H groups in total. The predicted molar refractivity (Wildman–Crippen MR) is 102 cm³/mol. The molecular formula is C17H29BN6NaO. The molecule has 9 heteroatoms. The minimum Gasteiger partial charge on any atom is -1.00 e. The van der Waals surface area contributed by atoms with Crippen LogP contribution >= 0.6 is 0 Å². The molecular weight excluding hydrogens is 338 g/mol. The molecule has 1 saturated heterocycles. The van der Waals surface area contributed by atoms with Crippen molar-refractivity contribution in [3.63, 3.8) is 0 Å². The van der Waals surface area contributed by atoms with Crippen LogP contribution in [0.3, 0.4) is 0 Å². The van der Waals surface area contributed by atoms with E-state index in [0.29, 0.717) is 6.04 Å². The first-order chi connectivity index (χ1) is 11.8. The van der Waals surface area contributed by atoms with Gasteiger partial charge in [0.1, 0.15) is 5.82 Å². The van der Waals surface area contributed by atoms with Crippen molar-refractivity contribution >= 4 is 14.1 Å². The van der Waals surface area contributed by atoms with Crippen LogP contribution in [0.2, 0.25) is 0 Å². The van der Waals surface area contributed by atoms with Gasteiger partial charge in [0.05, 0.1) is 11.8 Å². The third-order valence-corrected chi connectivity index (χ3v) is 4.18. The van der Waals surface area contributed by atoms with Gasteiger partial charge in [-0.3, -0.25) is 4.99 Å². The molecule has 7 nitrogen and oxygen atoms in total. The Hall–Kier alpha value is -0.925. The summed E-state index contributed by atoms with van der Waals surface area (Å²) in [5.41, 5.74) is 1.16. The molecule has 2 aromatic rings. The van der Waals surface area contributed by atoms with Crippen molar-refractivity contribution in [3.05, 3.63) is 36.4 Å². The Morgan fingerprint density at radius 1 is 1.12 bits per heavy atom. The third kappa shape index (κ3) is 6.66. The Morgan fingerprint density at radius 2 is 1.81 bits per heavy atom. The molecule has 0 saturated carbocycles.